The Hall–Kier alpha value is -2.42. The minimum absolute atomic E-state index is 0.0262. The van der Waals surface area contributed by atoms with Crippen molar-refractivity contribution in [3.05, 3.63) is 59.2 Å². The molecule has 27 heavy (non-hydrogen) atoms. The van der Waals surface area contributed by atoms with Crippen LogP contribution in [0.25, 0.3) is 0 Å². The fourth-order valence-electron chi connectivity index (χ4n) is 3.18. The molecule has 0 bridgehead atoms. The van der Waals surface area contributed by atoms with Gasteiger partial charge >= 0.3 is 5.97 Å². The van der Waals surface area contributed by atoms with E-state index in [2.05, 4.69) is 20.8 Å². The second-order valence-electron chi connectivity index (χ2n) is 6.16. The van der Waals surface area contributed by atoms with Crippen molar-refractivity contribution in [2.75, 3.05) is 27.3 Å². The van der Waals surface area contributed by atoms with Crippen molar-refractivity contribution >= 4 is 16.0 Å². The average molecular weight is 390 g/mol. The lowest BCUT2D eigenvalue weighted by Gasteiger charge is -2.27. The van der Waals surface area contributed by atoms with Crippen LogP contribution in [-0.4, -0.2) is 41.7 Å². The van der Waals surface area contributed by atoms with Gasteiger partial charge in [-0.25, -0.2) is 17.9 Å². The molecule has 1 unspecified atom stereocenters. The summed E-state index contributed by atoms with van der Waals surface area (Å²) < 4.78 is 38.0. The quantitative estimate of drug-likeness (QED) is 0.729. The Morgan fingerprint density at radius 2 is 2.00 bits per heavy atom. The monoisotopic (exact) mass is 390 g/mol. The zero-order valence-corrected chi connectivity index (χ0v) is 16.0. The van der Waals surface area contributed by atoms with Gasteiger partial charge in [0, 0.05) is 12.6 Å². The molecule has 0 spiro atoms. The second kappa shape index (κ2) is 8.08. The number of sulfonamides is 1. The van der Waals surface area contributed by atoms with E-state index in [9.17, 15) is 13.2 Å². The van der Waals surface area contributed by atoms with Crippen LogP contribution in [0.15, 0.2) is 47.4 Å². The highest BCUT2D eigenvalue weighted by Gasteiger charge is 2.25. The number of carbonyl (C=O) groups excluding carboxylic acids is 1. The second-order valence-corrected chi connectivity index (χ2v) is 7.90. The summed E-state index contributed by atoms with van der Waals surface area (Å²) in [4.78, 5) is 11.6. The first-order valence-electron chi connectivity index (χ1n) is 8.53. The van der Waals surface area contributed by atoms with Gasteiger partial charge in [0.05, 0.1) is 19.8 Å². The maximum Gasteiger partial charge on any atom is 0.337 e. The summed E-state index contributed by atoms with van der Waals surface area (Å²) in [5.41, 5.74) is 2.54. The van der Waals surface area contributed by atoms with E-state index in [1.54, 1.807) is 0 Å². The molecule has 8 heteroatoms. The fraction of sp³-hybridized carbons (Fsp3) is 0.316. The molecule has 144 valence electrons. The standard InChI is InChI=1S/C19H22N2O5S/c1-25-17-11-14(19(22)26-2)7-8-18(17)27(23,24)21-12-16-15-6-4-3-5-13(15)9-10-20-16/h3-8,11,16,20-21H,9-10,12H2,1-2H3. The third kappa shape index (κ3) is 4.13. The molecule has 0 amide bonds. The van der Waals surface area contributed by atoms with Crippen LogP contribution < -0.4 is 14.8 Å². The SMILES string of the molecule is COC(=O)c1ccc(S(=O)(=O)NCC2NCCc3ccccc32)c(OC)c1. The normalized spacial score (nSPS) is 16.4. The van der Waals surface area contributed by atoms with E-state index < -0.39 is 16.0 Å². The van der Waals surface area contributed by atoms with Crippen LogP contribution in [-0.2, 0) is 21.2 Å². The van der Waals surface area contributed by atoms with Crippen molar-refractivity contribution in [1.82, 2.24) is 10.0 Å². The molecule has 1 atom stereocenters. The zero-order chi connectivity index (χ0) is 19.4. The molecule has 0 fully saturated rings. The number of hydrogen-bond acceptors (Lipinski definition) is 6. The summed E-state index contributed by atoms with van der Waals surface area (Å²) in [7, 11) is -1.21. The molecule has 2 aromatic rings. The summed E-state index contributed by atoms with van der Waals surface area (Å²) in [6, 6.07) is 12.0. The smallest absolute Gasteiger partial charge is 0.337 e. The average Bonchev–Trinajstić information content (AvgIpc) is 2.71. The van der Waals surface area contributed by atoms with Gasteiger partial charge in [0.1, 0.15) is 10.6 Å². The third-order valence-corrected chi connectivity index (χ3v) is 6.03. The van der Waals surface area contributed by atoms with Gasteiger partial charge in [-0.15, -0.1) is 0 Å². The minimum Gasteiger partial charge on any atom is -0.495 e. The highest BCUT2D eigenvalue weighted by atomic mass is 32.2. The van der Waals surface area contributed by atoms with Crippen molar-refractivity contribution in [2.24, 2.45) is 0 Å². The van der Waals surface area contributed by atoms with Crippen molar-refractivity contribution in [3.8, 4) is 5.75 Å². The molecule has 2 aromatic carbocycles. The number of carbonyl (C=O) groups is 1. The van der Waals surface area contributed by atoms with Crippen molar-refractivity contribution < 1.29 is 22.7 Å². The van der Waals surface area contributed by atoms with Crippen LogP contribution in [0, 0.1) is 0 Å². The van der Waals surface area contributed by atoms with E-state index in [0.29, 0.717) is 0 Å². The molecule has 7 nitrogen and oxygen atoms in total. The molecule has 1 aliphatic rings. The third-order valence-electron chi connectivity index (χ3n) is 4.57. The number of rotatable bonds is 6. The van der Waals surface area contributed by atoms with E-state index in [1.807, 2.05) is 18.2 Å². The Labute approximate surface area is 158 Å². The number of benzene rings is 2. The number of ether oxygens (including phenoxy) is 2. The summed E-state index contributed by atoms with van der Waals surface area (Å²) in [6.07, 6.45) is 0.919. The van der Waals surface area contributed by atoms with Gasteiger partial charge < -0.3 is 14.8 Å². The van der Waals surface area contributed by atoms with Gasteiger partial charge in [-0.05, 0) is 42.3 Å². The summed E-state index contributed by atoms with van der Waals surface area (Å²) in [5.74, 6) is -0.476. The van der Waals surface area contributed by atoms with E-state index in [0.717, 1.165) is 18.5 Å². The molecule has 0 radical (unpaired) electrons. The Balaban J connectivity index is 1.81. The predicted octanol–water partition coefficient (Wildman–Crippen LogP) is 1.65. The Morgan fingerprint density at radius 1 is 1.22 bits per heavy atom. The first kappa shape index (κ1) is 19.3. The fourth-order valence-corrected chi connectivity index (χ4v) is 4.38. The number of hydrogen-bond donors (Lipinski definition) is 2. The Bertz CT molecular complexity index is 943. The van der Waals surface area contributed by atoms with Crippen LogP contribution in [0.5, 0.6) is 5.75 Å². The van der Waals surface area contributed by atoms with E-state index in [-0.39, 0.29) is 28.8 Å². The van der Waals surface area contributed by atoms with E-state index in [4.69, 9.17) is 4.74 Å². The van der Waals surface area contributed by atoms with Crippen LogP contribution >= 0.6 is 0 Å². The molecular weight excluding hydrogens is 368 g/mol. The molecule has 0 aliphatic carbocycles. The summed E-state index contributed by atoms with van der Waals surface area (Å²) >= 11 is 0. The van der Waals surface area contributed by atoms with Crippen LogP contribution in [0.1, 0.15) is 27.5 Å². The van der Waals surface area contributed by atoms with Crippen LogP contribution in [0.4, 0.5) is 0 Å². The number of methoxy groups -OCH3 is 2. The number of fused-ring (bicyclic) bond motifs is 1. The van der Waals surface area contributed by atoms with Crippen LogP contribution in [0.3, 0.4) is 0 Å². The topological polar surface area (TPSA) is 93.7 Å². The molecule has 0 saturated heterocycles. The molecular formula is C19H22N2O5S. The molecule has 1 aliphatic heterocycles. The number of nitrogens with one attached hydrogen (secondary N) is 2. The maximum absolute atomic E-state index is 12.8. The van der Waals surface area contributed by atoms with Crippen molar-refractivity contribution in [3.63, 3.8) is 0 Å². The van der Waals surface area contributed by atoms with Crippen LogP contribution in [0.2, 0.25) is 0 Å². The maximum atomic E-state index is 12.8. The minimum atomic E-state index is -3.82. The van der Waals surface area contributed by atoms with Gasteiger partial charge in [0.2, 0.25) is 10.0 Å². The van der Waals surface area contributed by atoms with E-state index >= 15 is 0 Å². The van der Waals surface area contributed by atoms with Gasteiger partial charge in [0.15, 0.2) is 0 Å². The highest BCUT2D eigenvalue weighted by molar-refractivity contribution is 7.89. The van der Waals surface area contributed by atoms with Gasteiger partial charge in [0.25, 0.3) is 0 Å². The van der Waals surface area contributed by atoms with Gasteiger partial charge in [-0.1, -0.05) is 24.3 Å². The zero-order valence-electron chi connectivity index (χ0n) is 15.2. The van der Waals surface area contributed by atoms with Crippen molar-refractivity contribution in [1.29, 1.82) is 0 Å². The predicted molar refractivity (Wildman–Crippen MR) is 100 cm³/mol. The number of esters is 1. The van der Waals surface area contributed by atoms with E-state index in [1.165, 1.54) is 38.0 Å². The molecule has 2 N–H and O–H groups in total. The molecule has 1 heterocycles. The lowest BCUT2D eigenvalue weighted by molar-refractivity contribution is 0.0600. The summed E-state index contributed by atoms with van der Waals surface area (Å²) in [5, 5.41) is 3.34. The molecule has 0 saturated carbocycles. The van der Waals surface area contributed by atoms with Gasteiger partial charge in [-0.2, -0.15) is 0 Å². The lowest BCUT2D eigenvalue weighted by atomic mass is 9.95. The Morgan fingerprint density at radius 3 is 2.74 bits per heavy atom. The van der Waals surface area contributed by atoms with Gasteiger partial charge in [-0.3, -0.25) is 0 Å². The lowest BCUT2D eigenvalue weighted by Crippen LogP contribution is -2.38. The van der Waals surface area contributed by atoms with Crippen molar-refractivity contribution in [2.45, 2.75) is 17.4 Å². The first-order valence-corrected chi connectivity index (χ1v) is 10.0. The summed E-state index contributed by atoms with van der Waals surface area (Å²) in [6.45, 7) is 1.00. The largest absolute Gasteiger partial charge is 0.495 e. The molecule has 0 aromatic heterocycles. The highest BCUT2D eigenvalue weighted by Crippen LogP contribution is 2.27. The Kier molecular flexibility index (Phi) is 5.79. The first-order chi connectivity index (χ1) is 13.0. The molecule has 3 rings (SSSR count).